The predicted molar refractivity (Wildman–Crippen MR) is 72.9 cm³/mol. The molecule has 2 aliphatic heterocycles. The van der Waals surface area contributed by atoms with Crippen LogP contribution in [0.1, 0.15) is 20.8 Å². The molecule has 0 N–H and O–H groups in total. The van der Waals surface area contributed by atoms with E-state index in [9.17, 15) is 0 Å². The SMILES string of the molecule is CN(CC1(C)COC1)CC(C)(C)N1CCOCC1. The molecule has 0 amide bonds. The van der Waals surface area contributed by atoms with Crippen LogP contribution in [-0.4, -0.2) is 75.0 Å². The second-order valence-electron chi connectivity index (χ2n) is 6.89. The van der Waals surface area contributed by atoms with E-state index >= 15 is 0 Å². The van der Waals surface area contributed by atoms with Gasteiger partial charge in [0.05, 0.1) is 26.4 Å². The van der Waals surface area contributed by atoms with Crippen LogP contribution in [0.4, 0.5) is 0 Å². The highest BCUT2D eigenvalue weighted by Crippen LogP contribution is 2.28. The molecule has 2 rings (SSSR count). The molecule has 0 bridgehead atoms. The third kappa shape index (κ3) is 3.44. The van der Waals surface area contributed by atoms with Crippen molar-refractivity contribution in [2.75, 3.05) is 59.7 Å². The zero-order valence-electron chi connectivity index (χ0n) is 12.4. The van der Waals surface area contributed by atoms with Gasteiger partial charge in [0.25, 0.3) is 0 Å². The monoisotopic (exact) mass is 256 g/mol. The lowest BCUT2D eigenvalue weighted by molar-refractivity contribution is -0.116. The quantitative estimate of drug-likeness (QED) is 0.734. The summed E-state index contributed by atoms with van der Waals surface area (Å²) in [7, 11) is 2.23. The van der Waals surface area contributed by atoms with E-state index in [1.807, 2.05) is 0 Å². The van der Waals surface area contributed by atoms with Crippen molar-refractivity contribution in [3.05, 3.63) is 0 Å². The van der Waals surface area contributed by atoms with Crippen molar-refractivity contribution in [1.29, 1.82) is 0 Å². The van der Waals surface area contributed by atoms with Gasteiger partial charge < -0.3 is 14.4 Å². The maximum atomic E-state index is 5.44. The topological polar surface area (TPSA) is 24.9 Å². The molecule has 0 aromatic rings. The molecule has 106 valence electrons. The summed E-state index contributed by atoms with van der Waals surface area (Å²) >= 11 is 0. The van der Waals surface area contributed by atoms with Gasteiger partial charge in [0, 0.05) is 37.1 Å². The number of morpholine rings is 1. The lowest BCUT2D eigenvalue weighted by Gasteiger charge is -2.46. The van der Waals surface area contributed by atoms with Gasteiger partial charge in [-0.15, -0.1) is 0 Å². The van der Waals surface area contributed by atoms with Crippen LogP contribution < -0.4 is 0 Å². The lowest BCUT2D eigenvalue weighted by atomic mass is 9.87. The highest BCUT2D eigenvalue weighted by Gasteiger charge is 2.36. The number of hydrogen-bond donors (Lipinski definition) is 0. The fourth-order valence-corrected chi connectivity index (χ4v) is 3.18. The number of rotatable bonds is 5. The first-order valence-electron chi connectivity index (χ1n) is 7.00. The molecule has 18 heavy (non-hydrogen) atoms. The molecular weight excluding hydrogens is 228 g/mol. The Kier molecular flexibility index (Phi) is 4.32. The third-order valence-electron chi connectivity index (χ3n) is 4.08. The largest absolute Gasteiger partial charge is 0.380 e. The van der Waals surface area contributed by atoms with Crippen LogP contribution in [0.3, 0.4) is 0 Å². The Bertz CT molecular complexity index is 271. The van der Waals surface area contributed by atoms with Gasteiger partial charge in [-0.05, 0) is 20.9 Å². The second kappa shape index (κ2) is 5.45. The predicted octanol–water partition coefficient (Wildman–Crippen LogP) is 1.07. The Morgan fingerprint density at radius 2 is 1.78 bits per heavy atom. The zero-order chi connectivity index (χ0) is 13.2. The van der Waals surface area contributed by atoms with Gasteiger partial charge in [-0.2, -0.15) is 0 Å². The summed E-state index contributed by atoms with van der Waals surface area (Å²) in [6.45, 7) is 14.9. The van der Waals surface area contributed by atoms with Crippen LogP contribution in [0.25, 0.3) is 0 Å². The minimum atomic E-state index is 0.222. The van der Waals surface area contributed by atoms with Crippen LogP contribution in [-0.2, 0) is 9.47 Å². The van der Waals surface area contributed by atoms with E-state index in [1.165, 1.54) is 0 Å². The van der Waals surface area contributed by atoms with Gasteiger partial charge in [-0.3, -0.25) is 4.90 Å². The normalized spacial score (nSPS) is 25.2. The molecule has 0 aliphatic carbocycles. The summed E-state index contributed by atoms with van der Waals surface area (Å²) in [6, 6.07) is 0. The molecule has 0 atom stereocenters. The van der Waals surface area contributed by atoms with Crippen LogP contribution >= 0.6 is 0 Å². The average molecular weight is 256 g/mol. The summed E-state index contributed by atoms with van der Waals surface area (Å²) in [4.78, 5) is 5.00. The molecule has 2 saturated heterocycles. The first kappa shape index (κ1) is 14.3. The first-order chi connectivity index (χ1) is 8.41. The van der Waals surface area contributed by atoms with E-state index in [0.29, 0.717) is 5.41 Å². The van der Waals surface area contributed by atoms with Crippen molar-refractivity contribution >= 4 is 0 Å². The van der Waals surface area contributed by atoms with E-state index in [2.05, 4.69) is 37.6 Å². The lowest BCUT2D eigenvalue weighted by Crippen LogP contribution is -2.57. The second-order valence-corrected chi connectivity index (χ2v) is 6.89. The van der Waals surface area contributed by atoms with Crippen LogP contribution in [0.5, 0.6) is 0 Å². The van der Waals surface area contributed by atoms with Crippen molar-refractivity contribution in [2.24, 2.45) is 5.41 Å². The van der Waals surface area contributed by atoms with Crippen molar-refractivity contribution in [1.82, 2.24) is 9.80 Å². The fraction of sp³-hybridized carbons (Fsp3) is 1.00. The Hall–Kier alpha value is -0.160. The molecule has 0 spiro atoms. The highest BCUT2D eigenvalue weighted by molar-refractivity contribution is 4.89. The van der Waals surface area contributed by atoms with Crippen LogP contribution in [0.2, 0.25) is 0 Å². The Morgan fingerprint density at radius 3 is 2.28 bits per heavy atom. The van der Waals surface area contributed by atoms with Crippen molar-refractivity contribution in [3.63, 3.8) is 0 Å². The van der Waals surface area contributed by atoms with Gasteiger partial charge in [0.2, 0.25) is 0 Å². The molecule has 0 aromatic heterocycles. The standard InChI is InChI=1S/C14H28N2O2/c1-13(2,16-5-7-17-8-6-16)9-15(4)10-14(3)11-18-12-14/h5-12H2,1-4H3. The fourth-order valence-electron chi connectivity index (χ4n) is 3.18. The smallest absolute Gasteiger partial charge is 0.0594 e. The molecule has 4 heteroatoms. The van der Waals surface area contributed by atoms with Crippen molar-refractivity contribution < 1.29 is 9.47 Å². The molecule has 0 saturated carbocycles. The van der Waals surface area contributed by atoms with Gasteiger partial charge in [-0.25, -0.2) is 0 Å². The molecule has 2 heterocycles. The van der Waals surface area contributed by atoms with Crippen molar-refractivity contribution in [2.45, 2.75) is 26.3 Å². The average Bonchev–Trinajstić information content (AvgIpc) is 2.27. The minimum Gasteiger partial charge on any atom is -0.380 e. The number of likely N-dealkylation sites (N-methyl/N-ethyl adjacent to an activating group) is 1. The molecular formula is C14H28N2O2. The summed E-state index contributed by atoms with van der Waals surface area (Å²) in [5.74, 6) is 0. The molecule has 2 fully saturated rings. The van der Waals surface area contributed by atoms with E-state index < -0.39 is 0 Å². The Balaban J connectivity index is 1.82. The van der Waals surface area contributed by atoms with Gasteiger partial charge in [0.15, 0.2) is 0 Å². The molecule has 4 nitrogen and oxygen atoms in total. The van der Waals surface area contributed by atoms with E-state index in [0.717, 1.165) is 52.6 Å². The van der Waals surface area contributed by atoms with E-state index in [-0.39, 0.29) is 5.54 Å². The maximum Gasteiger partial charge on any atom is 0.0594 e. The van der Waals surface area contributed by atoms with Crippen molar-refractivity contribution in [3.8, 4) is 0 Å². The zero-order valence-corrected chi connectivity index (χ0v) is 12.4. The first-order valence-corrected chi connectivity index (χ1v) is 7.00. The highest BCUT2D eigenvalue weighted by atomic mass is 16.5. The summed E-state index contributed by atoms with van der Waals surface area (Å²) in [5.41, 5.74) is 0.593. The number of nitrogens with zero attached hydrogens (tertiary/aromatic N) is 2. The molecule has 0 radical (unpaired) electrons. The third-order valence-corrected chi connectivity index (χ3v) is 4.08. The minimum absolute atomic E-state index is 0.222. The molecule has 2 aliphatic rings. The summed E-state index contributed by atoms with van der Waals surface area (Å²) < 4.78 is 10.8. The molecule has 0 aromatic carbocycles. The Labute approximate surface area is 111 Å². The summed E-state index contributed by atoms with van der Waals surface area (Å²) in [6.07, 6.45) is 0. The van der Waals surface area contributed by atoms with Gasteiger partial charge in [-0.1, -0.05) is 6.92 Å². The molecule has 0 unspecified atom stereocenters. The number of ether oxygens (including phenoxy) is 2. The van der Waals surface area contributed by atoms with Gasteiger partial charge in [0.1, 0.15) is 0 Å². The van der Waals surface area contributed by atoms with E-state index in [1.54, 1.807) is 0 Å². The van der Waals surface area contributed by atoms with Gasteiger partial charge >= 0.3 is 0 Å². The van der Waals surface area contributed by atoms with Crippen LogP contribution in [0, 0.1) is 5.41 Å². The van der Waals surface area contributed by atoms with Crippen LogP contribution in [0.15, 0.2) is 0 Å². The summed E-state index contributed by atoms with van der Waals surface area (Å²) in [5, 5.41) is 0. The number of hydrogen-bond acceptors (Lipinski definition) is 4. The Morgan fingerprint density at radius 1 is 1.17 bits per heavy atom. The van der Waals surface area contributed by atoms with E-state index in [4.69, 9.17) is 9.47 Å². The maximum absolute atomic E-state index is 5.44.